The molecule has 0 radical (unpaired) electrons. The largest absolute Gasteiger partial charge is 0.545 e. The molecule has 0 unspecified atom stereocenters. The third-order valence-corrected chi connectivity index (χ3v) is 5.53. The molecule has 0 aliphatic carbocycles. The van der Waals surface area contributed by atoms with Gasteiger partial charge in [-0.15, -0.1) is 0 Å². The molecule has 0 atom stereocenters. The maximum absolute atomic E-state index is 9.53. The van der Waals surface area contributed by atoms with Gasteiger partial charge in [0.2, 0.25) is 0 Å². The average Bonchev–Trinajstić information content (AvgIpc) is 2.70. The third kappa shape index (κ3) is 6.84. The van der Waals surface area contributed by atoms with Gasteiger partial charge in [0.25, 0.3) is 0 Å². The molecular weight excluding hydrogens is 360 g/mol. The fourth-order valence-electron chi connectivity index (χ4n) is 2.22. The number of rotatable bonds is 5. The van der Waals surface area contributed by atoms with Crippen molar-refractivity contribution in [3.8, 4) is 0 Å². The third-order valence-electron chi connectivity index (χ3n) is 3.30. The van der Waals surface area contributed by atoms with E-state index >= 15 is 0 Å². The molecule has 0 aliphatic heterocycles. The normalized spacial score (nSPS) is 10.3. The summed E-state index contributed by atoms with van der Waals surface area (Å²) in [7, 11) is -0.0146. The van der Waals surface area contributed by atoms with E-state index < -0.39 is 11.9 Å². The van der Waals surface area contributed by atoms with Gasteiger partial charge in [0.15, 0.2) is 14.7 Å². The molecule has 3 aromatic rings. The molecule has 0 bridgehead atoms. The monoisotopic (exact) mass is 378 g/mol. The summed E-state index contributed by atoms with van der Waals surface area (Å²) in [6.07, 6.45) is 0.942. The van der Waals surface area contributed by atoms with Crippen LogP contribution in [-0.4, -0.2) is 17.0 Å². The van der Waals surface area contributed by atoms with Crippen molar-refractivity contribution in [1.82, 2.24) is 0 Å². The molecule has 0 aliphatic rings. The number of hydrogen-bond acceptors (Lipinski definition) is 3. The van der Waals surface area contributed by atoms with Gasteiger partial charge in [-0.05, 0) is 42.5 Å². The minimum atomic E-state index is -1.51. The van der Waals surface area contributed by atoms with Crippen molar-refractivity contribution in [3.63, 3.8) is 0 Å². The molecule has 27 heavy (non-hydrogen) atoms. The first kappa shape index (κ1) is 20.0. The zero-order valence-electron chi connectivity index (χ0n) is 14.4. The van der Waals surface area contributed by atoms with Crippen LogP contribution in [-0.2, 0) is 20.5 Å². The molecule has 0 aromatic heterocycles. The van der Waals surface area contributed by atoms with Gasteiger partial charge < -0.3 is 15.0 Å². The Morgan fingerprint density at radius 2 is 1.00 bits per heavy atom. The summed E-state index contributed by atoms with van der Waals surface area (Å²) < 4.78 is 0. The van der Waals surface area contributed by atoms with E-state index in [1.54, 1.807) is 0 Å². The molecule has 4 nitrogen and oxygen atoms in total. The Morgan fingerprint density at radius 3 is 1.22 bits per heavy atom. The minimum absolute atomic E-state index is 0.0146. The summed E-state index contributed by atoms with van der Waals surface area (Å²) in [5.41, 5.74) is 0. The molecule has 136 valence electrons. The second kappa shape index (κ2) is 10.6. The van der Waals surface area contributed by atoms with Crippen LogP contribution in [0.2, 0.25) is 0 Å². The molecule has 0 spiro atoms. The second-order valence-electron chi connectivity index (χ2n) is 5.24. The van der Waals surface area contributed by atoms with Crippen molar-refractivity contribution in [1.29, 1.82) is 0 Å². The van der Waals surface area contributed by atoms with Gasteiger partial charge in [-0.1, -0.05) is 54.6 Å². The summed E-state index contributed by atoms with van der Waals surface area (Å²) >= 11 is 0. The van der Waals surface area contributed by atoms with Crippen LogP contribution in [0.15, 0.2) is 118 Å². The van der Waals surface area contributed by atoms with Crippen molar-refractivity contribution in [2.75, 3.05) is 0 Å². The Hall–Kier alpha value is -3.31. The smallest absolute Gasteiger partial charge is 0.328 e. The first-order valence-electron chi connectivity index (χ1n) is 8.09. The van der Waals surface area contributed by atoms with Crippen LogP contribution in [0.4, 0.5) is 0 Å². The van der Waals surface area contributed by atoms with Crippen molar-refractivity contribution in [3.05, 3.63) is 103 Å². The van der Waals surface area contributed by atoms with Crippen LogP contribution in [0, 0.1) is 0 Å². The van der Waals surface area contributed by atoms with Gasteiger partial charge >= 0.3 is 5.97 Å². The summed E-state index contributed by atoms with van der Waals surface area (Å²) in [5, 5.41) is 17.2. The lowest BCUT2D eigenvalue weighted by atomic mass is 10.4. The van der Waals surface area contributed by atoms with Crippen LogP contribution < -0.4 is 5.11 Å². The summed E-state index contributed by atoms with van der Waals surface area (Å²) in [4.78, 5) is 23.1. The van der Waals surface area contributed by atoms with E-state index in [0.717, 1.165) is 0 Å². The SMILES string of the molecule is O=C([O-])/C=C/C(=O)O.c1ccc([S+](c2ccccc2)c2ccccc2)cc1. The lowest BCUT2D eigenvalue weighted by Gasteiger charge is -2.07. The molecule has 0 saturated carbocycles. The van der Waals surface area contributed by atoms with E-state index in [-0.39, 0.29) is 10.9 Å². The van der Waals surface area contributed by atoms with Crippen LogP contribution in [0.25, 0.3) is 0 Å². The molecule has 0 fully saturated rings. The number of aliphatic carboxylic acids is 2. The van der Waals surface area contributed by atoms with E-state index in [0.29, 0.717) is 12.2 Å². The fourth-order valence-corrected chi connectivity index (χ4v) is 4.32. The van der Waals surface area contributed by atoms with Crippen LogP contribution in [0.5, 0.6) is 0 Å². The fraction of sp³-hybridized carbons (Fsp3) is 0. The first-order valence-corrected chi connectivity index (χ1v) is 9.32. The van der Waals surface area contributed by atoms with Gasteiger partial charge in [0.05, 0.1) is 16.9 Å². The molecule has 3 rings (SSSR count). The number of carbonyl (C=O) groups excluding carboxylic acids is 1. The zero-order valence-corrected chi connectivity index (χ0v) is 15.2. The Morgan fingerprint density at radius 1 is 0.667 bits per heavy atom. The predicted octanol–water partition coefficient (Wildman–Crippen LogP) is 3.16. The number of benzene rings is 3. The van der Waals surface area contributed by atoms with Gasteiger partial charge in [0, 0.05) is 6.08 Å². The van der Waals surface area contributed by atoms with Gasteiger partial charge in [-0.2, -0.15) is 0 Å². The van der Waals surface area contributed by atoms with E-state index in [4.69, 9.17) is 5.11 Å². The number of carboxylic acid groups (broad SMARTS) is 2. The summed E-state index contributed by atoms with van der Waals surface area (Å²) in [6.45, 7) is 0. The molecular formula is C22H18O4S. The second-order valence-corrected chi connectivity index (χ2v) is 7.26. The quantitative estimate of drug-likeness (QED) is 0.546. The molecule has 0 amide bonds. The van der Waals surface area contributed by atoms with Gasteiger partial charge in [0.1, 0.15) is 0 Å². The Kier molecular flexibility index (Phi) is 7.88. The predicted molar refractivity (Wildman–Crippen MR) is 103 cm³/mol. The van der Waals surface area contributed by atoms with Crippen LogP contribution in [0.1, 0.15) is 0 Å². The number of carboxylic acids is 2. The summed E-state index contributed by atoms with van der Waals surface area (Å²) in [6, 6.07) is 32.2. The van der Waals surface area contributed by atoms with Gasteiger partial charge in [-0.3, -0.25) is 0 Å². The van der Waals surface area contributed by atoms with Crippen LogP contribution >= 0.6 is 0 Å². The molecule has 3 aromatic carbocycles. The van der Waals surface area contributed by atoms with Crippen molar-refractivity contribution < 1.29 is 19.8 Å². The van der Waals surface area contributed by atoms with Gasteiger partial charge in [-0.25, -0.2) is 4.79 Å². The molecule has 5 heteroatoms. The van der Waals surface area contributed by atoms with E-state index in [2.05, 4.69) is 91.0 Å². The maximum Gasteiger partial charge on any atom is 0.328 e. The highest BCUT2D eigenvalue weighted by Crippen LogP contribution is 2.30. The highest BCUT2D eigenvalue weighted by molar-refractivity contribution is 7.97. The lowest BCUT2D eigenvalue weighted by molar-refractivity contribution is -0.297. The lowest BCUT2D eigenvalue weighted by Crippen LogP contribution is -2.19. The van der Waals surface area contributed by atoms with Crippen molar-refractivity contribution in [2.45, 2.75) is 14.7 Å². The first-order chi connectivity index (χ1) is 13.1. The number of carbonyl (C=O) groups is 2. The minimum Gasteiger partial charge on any atom is -0.545 e. The Bertz CT molecular complexity index is 768. The topological polar surface area (TPSA) is 77.4 Å². The Labute approximate surface area is 160 Å². The highest BCUT2D eigenvalue weighted by atomic mass is 32.2. The van der Waals surface area contributed by atoms with E-state index in [1.165, 1.54) is 14.7 Å². The standard InChI is InChI=1S/C18H15S.C4H4O4/c1-4-10-16(11-5-1)19(17-12-6-2-7-13-17)18-14-8-3-9-15-18;5-3(6)1-2-4(7)8/h1-15H;1-2H,(H,5,6)(H,7,8)/q+1;/p-1/b;2-1+. The molecule has 0 saturated heterocycles. The highest BCUT2D eigenvalue weighted by Gasteiger charge is 2.27. The van der Waals surface area contributed by atoms with Crippen LogP contribution in [0.3, 0.4) is 0 Å². The Balaban J connectivity index is 0.000000279. The van der Waals surface area contributed by atoms with E-state index in [9.17, 15) is 14.7 Å². The maximum atomic E-state index is 9.53. The van der Waals surface area contributed by atoms with Crippen molar-refractivity contribution >= 4 is 22.8 Å². The zero-order chi connectivity index (χ0) is 19.5. The van der Waals surface area contributed by atoms with E-state index in [1.807, 2.05) is 0 Å². The van der Waals surface area contributed by atoms with Crippen molar-refractivity contribution in [2.24, 2.45) is 0 Å². The summed E-state index contributed by atoms with van der Waals surface area (Å²) in [5.74, 6) is -2.80. The average molecular weight is 378 g/mol. The molecule has 1 N–H and O–H groups in total. The number of hydrogen-bond donors (Lipinski definition) is 1. The molecule has 0 heterocycles.